The second-order valence-electron chi connectivity index (χ2n) is 5.49. The molecule has 0 aromatic heterocycles. The number of hydrogen-bond donors (Lipinski definition) is 2. The molecular formula is C19H22ClN3. The Kier molecular flexibility index (Phi) is 6.93. The number of halogens is 1. The third kappa shape index (κ3) is 4.99. The number of nitrogens with zero attached hydrogens (tertiary/aromatic N) is 1. The van der Waals surface area contributed by atoms with Crippen LogP contribution in [0.4, 0.5) is 5.69 Å². The molecule has 0 radical (unpaired) electrons. The first-order chi connectivity index (χ1) is 11.3. The van der Waals surface area contributed by atoms with Crippen LogP contribution in [0.15, 0.2) is 48.5 Å². The predicted octanol–water partition coefficient (Wildman–Crippen LogP) is 4.54. The molecule has 23 heavy (non-hydrogen) atoms. The molecule has 1 unspecified atom stereocenters. The first-order valence-electron chi connectivity index (χ1n) is 7.94. The molecule has 2 aromatic rings. The highest BCUT2D eigenvalue weighted by atomic mass is 35.5. The molecule has 4 heteroatoms. The van der Waals surface area contributed by atoms with Gasteiger partial charge in [-0.05, 0) is 42.6 Å². The Bertz CT molecular complexity index is 649. The molecule has 1 atom stereocenters. The van der Waals surface area contributed by atoms with Crippen LogP contribution in [0, 0.1) is 11.3 Å². The lowest BCUT2D eigenvalue weighted by atomic mass is 9.92. The average Bonchev–Trinajstić information content (AvgIpc) is 2.58. The summed E-state index contributed by atoms with van der Waals surface area (Å²) in [6.07, 6.45) is 3.27. The van der Waals surface area contributed by atoms with Crippen molar-refractivity contribution in [2.24, 2.45) is 5.73 Å². The van der Waals surface area contributed by atoms with E-state index in [4.69, 9.17) is 17.3 Å². The third-order valence-electron chi connectivity index (χ3n) is 3.78. The lowest BCUT2D eigenvalue weighted by molar-refractivity contribution is 0.707. The summed E-state index contributed by atoms with van der Waals surface area (Å²) in [5, 5.41) is 13.5. The molecule has 0 amide bonds. The van der Waals surface area contributed by atoms with Gasteiger partial charge in [0, 0.05) is 17.3 Å². The standard InChI is InChI=1S/C19H22ClN3/c20-19-13-16(23-12-6-2-5-11-21)9-10-17(19)18(14-22)15-7-3-1-4-8-15/h1,3-4,7-10,13,18,23H,2,5-6,11-12,21H2. The van der Waals surface area contributed by atoms with E-state index in [-0.39, 0.29) is 5.92 Å². The number of hydrogen-bond acceptors (Lipinski definition) is 3. The number of anilines is 1. The Balaban J connectivity index is 2.05. The molecular weight excluding hydrogens is 306 g/mol. The maximum Gasteiger partial charge on any atom is 0.0977 e. The molecule has 3 nitrogen and oxygen atoms in total. The quantitative estimate of drug-likeness (QED) is 0.700. The Morgan fingerprint density at radius 2 is 1.87 bits per heavy atom. The van der Waals surface area contributed by atoms with E-state index in [1.807, 2.05) is 48.5 Å². The van der Waals surface area contributed by atoms with Gasteiger partial charge in [-0.15, -0.1) is 0 Å². The second-order valence-corrected chi connectivity index (χ2v) is 5.89. The van der Waals surface area contributed by atoms with E-state index in [1.165, 1.54) is 0 Å². The molecule has 0 fully saturated rings. The highest BCUT2D eigenvalue weighted by Gasteiger charge is 2.16. The zero-order valence-corrected chi connectivity index (χ0v) is 13.9. The van der Waals surface area contributed by atoms with E-state index < -0.39 is 0 Å². The number of nitrogens with two attached hydrogens (primary N) is 1. The van der Waals surface area contributed by atoms with Crippen LogP contribution in [0.1, 0.15) is 36.3 Å². The van der Waals surface area contributed by atoms with Crippen molar-refractivity contribution in [2.45, 2.75) is 25.2 Å². The fourth-order valence-corrected chi connectivity index (χ4v) is 2.81. The maximum absolute atomic E-state index is 9.52. The maximum atomic E-state index is 9.52. The van der Waals surface area contributed by atoms with Crippen LogP contribution in [0.3, 0.4) is 0 Å². The van der Waals surface area contributed by atoms with E-state index in [2.05, 4.69) is 11.4 Å². The summed E-state index contributed by atoms with van der Waals surface area (Å²) in [6.45, 7) is 1.64. The van der Waals surface area contributed by atoms with Crippen LogP contribution in [-0.2, 0) is 0 Å². The van der Waals surface area contributed by atoms with Gasteiger partial charge in [0.2, 0.25) is 0 Å². The molecule has 120 valence electrons. The minimum absolute atomic E-state index is 0.345. The van der Waals surface area contributed by atoms with Gasteiger partial charge in [0.1, 0.15) is 0 Å². The van der Waals surface area contributed by atoms with Crippen LogP contribution < -0.4 is 11.1 Å². The molecule has 0 bridgehead atoms. The van der Waals surface area contributed by atoms with Crippen molar-refractivity contribution in [3.8, 4) is 6.07 Å². The molecule has 0 saturated heterocycles. The SMILES string of the molecule is N#CC(c1ccccc1)c1ccc(NCCCCCN)cc1Cl. The van der Waals surface area contributed by atoms with Gasteiger partial charge in [0.25, 0.3) is 0 Å². The zero-order chi connectivity index (χ0) is 16.5. The summed E-state index contributed by atoms with van der Waals surface area (Å²) in [5.74, 6) is -0.345. The molecule has 0 aliphatic heterocycles. The van der Waals surface area contributed by atoms with Gasteiger partial charge in [0.15, 0.2) is 0 Å². The molecule has 2 aromatic carbocycles. The fourth-order valence-electron chi connectivity index (χ4n) is 2.52. The van der Waals surface area contributed by atoms with Gasteiger partial charge in [-0.25, -0.2) is 0 Å². The van der Waals surface area contributed by atoms with E-state index in [1.54, 1.807) is 0 Å². The van der Waals surface area contributed by atoms with Crippen molar-refractivity contribution in [1.29, 1.82) is 5.26 Å². The topological polar surface area (TPSA) is 61.8 Å². The van der Waals surface area contributed by atoms with E-state index in [0.717, 1.165) is 49.2 Å². The number of unbranched alkanes of at least 4 members (excludes halogenated alkanes) is 2. The van der Waals surface area contributed by atoms with Crippen LogP contribution in [0.2, 0.25) is 5.02 Å². The molecule has 3 N–H and O–H groups in total. The highest BCUT2D eigenvalue weighted by molar-refractivity contribution is 6.31. The third-order valence-corrected chi connectivity index (χ3v) is 4.11. The number of nitriles is 1. The van der Waals surface area contributed by atoms with Gasteiger partial charge < -0.3 is 11.1 Å². The second kappa shape index (κ2) is 9.19. The fraction of sp³-hybridized carbons (Fsp3) is 0.316. The summed E-state index contributed by atoms with van der Waals surface area (Å²) in [4.78, 5) is 0. The lowest BCUT2D eigenvalue weighted by Gasteiger charge is -2.14. The van der Waals surface area contributed by atoms with E-state index >= 15 is 0 Å². The van der Waals surface area contributed by atoms with Gasteiger partial charge in [-0.2, -0.15) is 5.26 Å². The van der Waals surface area contributed by atoms with Crippen molar-refractivity contribution in [3.63, 3.8) is 0 Å². The first kappa shape index (κ1) is 17.3. The number of benzene rings is 2. The number of nitrogens with one attached hydrogen (secondary N) is 1. The monoisotopic (exact) mass is 327 g/mol. The van der Waals surface area contributed by atoms with Crippen LogP contribution in [0.25, 0.3) is 0 Å². The predicted molar refractivity (Wildman–Crippen MR) is 96.7 cm³/mol. The Morgan fingerprint density at radius 3 is 2.52 bits per heavy atom. The summed E-state index contributed by atoms with van der Waals surface area (Å²) in [5.41, 5.74) is 8.27. The van der Waals surface area contributed by atoms with Gasteiger partial charge >= 0.3 is 0 Å². The Hall–Kier alpha value is -2.02. The van der Waals surface area contributed by atoms with Crippen molar-refractivity contribution >= 4 is 17.3 Å². The largest absolute Gasteiger partial charge is 0.385 e. The van der Waals surface area contributed by atoms with Crippen molar-refractivity contribution in [1.82, 2.24) is 0 Å². The molecule has 2 rings (SSSR count). The van der Waals surface area contributed by atoms with Crippen LogP contribution in [0.5, 0.6) is 0 Å². The highest BCUT2D eigenvalue weighted by Crippen LogP contribution is 2.31. The van der Waals surface area contributed by atoms with Crippen LogP contribution >= 0.6 is 11.6 Å². The molecule has 0 aliphatic carbocycles. The summed E-state index contributed by atoms with van der Waals surface area (Å²) >= 11 is 6.41. The van der Waals surface area contributed by atoms with Gasteiger partial charge in [-0.1, -0.05) is 54.4 Å². The first-order valence-corrected chi connectivity index (χ1v) is 8.32. The van der Waals surface area contributed by atoms with E-state index in [9.17, 15) is 5.26 Å². The Morgan fingerprint density at radius 1 is 1.09 bits per heavy atom. The smallest absolute Gasteiger partial charge is 0.0977 e. The molecule has 0 aliphatic rings. The van der Waals surface area contributed by atoms with Gasteiger partial charge in [-0.3, -0.25) is 0 Å². The summed E-state index contributed by atoms with van der Waals surface area (Å²) in [6, 6.07) is 17.9. The Labute approximate surface area is 143 Å². The number of rotatable bonds is 8. The van der Waals surface area contributed by atoms with E-state index in [0.29, 0.717) is 5.02 Å². The molecule has 0 spiro atoms. The molecule has 0 saturated carbocycles. The van der Waals surface area contributed by atoms with Crippen molar-refractivity contribution < 1.29 is 0 Å². The average molecular weight is 328 g/mol. The van der Waals surface area contributed by atoms with Crippen molar-refractivity contribution in [2.75, 3.05) is 18.4 Å². The van der Waals surface area contributed by atoms with Crippen molar-refractivity contribution in [3.05, 3.63) is 64.7 Å². The molecule has 0 heterocycles. The zero-order valence-electron chi connectivity index (χ0n) is 13.1. The normalized spacial score (nSPS) is 11.7. The van der Waals surface area contributed by atoms with Gasteiger partial charge in [0.05, 0.1) is 12.0 Å². The van der Waals surface area contributed by atoms with Crippen LogP contribution in [-0.4, -0.2) is 13.1 Å². The lowest BCUT2D eigenvalue weighted by Crippen LogP contribution is -2.05. The minimum Gasteiger partial charge on any atom is -0.385 e. The minimum atomic E-state index is -0.345. The summed E-state index contributed by atoms with van der Waals surface area (Å²) in [7, 11) is 0. The summed E-state index contributed by atoms with van der Waals surface area (Å²) < 4.78 is 0.